The second-order valence-electron chi connectivity index (χ2n) is 7.97. The Hall–Kier alpha value is -3.57. The van der Waals surface area contributed by atoms with Gasteiger partial charge in [0.05, 0.1) is 30.9 Å². The summed E-state index contributed by atoms with van der Waals surface area (Å²) in [5, 5.41) is 19.5. The number of carbonyl (C=O) groups is 1. The summed E-state index contributed by atoms with van der Waals surface area (Å²) >= 11 is 1.34. The monoisotopic (exact) mass is 459 g/mol. The normalized spacial score (nSPS) is 11.0. The zero-order valence-electron chi connectivity index (χ0n) is 19.1. The highest BCUT2D eigenvalue weighted by atomic mass is 32.2. The Morgan fingerprint density at radius 3 is 2.58 bits per heavy atom. The smallest absolute Gasteiger partial charge is 0.237 e. The lowest BCUT2D eigenvalue weighted by Crippen LogP contribution is -2.33. The number of carbonyl (C=O) groups excluding carboxylic acids is 1. The van der Waals surface area contributed by atoms with Crippen molar-refractivity contribution in [3.8, 4) is 11.8 Å². The average molecular weight is 460 g/mol. The van der Waals surface area contributed by atoms with Gasteiger partial charge in [0.25, 0.3) is 0 Å². The maximum Gasteiger partial charge on any atom is 0.237 e. The fraction of sp³-hybridized carbons (Fsp3) is 0.280. The Kier molecular flexibility index (Phi) is 6.52. The average Bonchev–Trinajstić information content (AvgIpc) is 3.19. The van der Waals surface area contributed by atoms with E-state index in [0.29, 0.717) is 11.7 Å². The van der Waals surface area contributed by atoms with Gasteiger partial charge in [0, 0.05) is 23.7 Å². The summed E-state index contributed by atoms with van der Waals surface area (Å²) in [6, 6.07) is 16.1. The maximum atomic E-state index is 13.2. The molecule has 2 aromatic carbocycles. The number of rotatable bonds is 7. The molecule has 7 nitrogen and oxygen atoms in total. The fourth-order valence-corrected chi connectivity index (χ4v) is 4.82. The van der Waals surface area contributed by atoms with Crippen LogP contribution in [-0.2, 0) is 4.79 Å². The summed E-state index contributed by atoms with van der Waals surface area (Å²) in [6.45, 7) is 6.39. The van der Waals surface area contributed by atoms with Crippen molar-refractivity contribution in [2.24, 2.45) is 0 Å². The van der Waals surface area contributed by atoms with Crippen LogP contribution >= 0.6 is 11.8 Å². The third-order valence-electron chi connectivity index (χ3n) is 5.47. The molecule has 2 aromatic heterocycles. The largest absolute Gasteiger partial charge is 0.497 e. The van der Waals surface area contributed by atoms with Gasteiger partial charge in [-0.3, -0.25) is 9.20 Å². The third kappa shape index (κ3) is 4.64. The molecule has 2 heterocycles. The maximum absolute atomic E-state index is 13.2. The van der Waals surface area contributed by atoms with Crippen LogP contribution in [-0.4, -0.2) is 39.9 Å². The number of aryl methyl sites for hydroxylation is 3. The molecular weight excluding hydrogens is 434 g/mol. The topological polar surface area (TPSA) is 83.5 Å². The van der Waals surface area contributed by atoms with Crippen molar-refractivity contribution >= 4 is 39.9 Å². The van der Waals surface area contributed by atoms with Gasteiger partial charge in [-0.1, -0.05) is 17.8 Å². The molecule has 0 aliphatic carbocycles. The quantitative estimate of drug-likeness (QED) is 0.367. The summed E-state index contributed by atoms with van der Waals surface area (Å²) in [4.78, 5) is 14.9. The van der Waals surface area contributed by atoms with Gasteiger partial charge in [0.1, 0.15) is 5.75 Å². The second-order valence-corrected chi connectivity index (χ2v) is 8.92. The third-order valence-corrected chi connectivity index (χ3v) is 6.38. The first-order chi connectivity index (χ1) is 15.9. The lowest BCUT2D eigenvalue weighted by Gasteiger charge is -2.22. The van der Waals surface area contributed by atoms with E-state index in [1.54, 1.807) is 12.0 Å². The van der Waals surface area contributed by atoms with E-state index in [9.17, 15) is 4.79 Å². The number of hydrogen-bond acceptors (Lipinski definition) is 6. The molecule has 0 unspecified atom stereocenters. The van der Waals surface area contributed by atoms with E-state index in [1.807, 2.05) is 61.6 Å². The summed E-state index contributed by atoms with van der Waals surface area (Å²) in [6.07, 6.45) is 0.265. The van der Waals surface area contributed by atoms with Crippen LogP contribution in [0, 0.1) is 32.1 Å². The predicted octanol–water partition coefficient (Wildman–Crippen LogP) is 4.86. The SMILES string of the molecule is COc1ccc2c(C)cc3nnc(SCC(=O)N(CCC#N)c4cc(C)cc(C)c4)n3c2c1. The molecule has 0 radical (unpaired) electrons. The van der Waals surface area contributed by atoms with E-state index in [4.69, 9.17) is 10.00 Å². The number of anilines is 1. The van der Waals surface area contributed by atoms with Gasteiger partial charge in [-0.15, -0.1) is 10.2 Å². The summed E-state index contributed by atoms with van der Waals surface area (Å²) < 4.78 is 7.37. The van der Waals surface area contributed by atoms with E-state index in [0.717, 1.165) is 44.7 Å². The van der Waals surface area contributed by atoms with Gasteiger partial charge in [0.15, 0.2) is 10.8 Å². The number of methoxy groups -OCH3 is 1. The Balaban J connectivity index is 1.66. The van der Waals surface area contributed by atoms with Crippen molar-refractivity contribution in [1.82, 2.24) is 14.6 Å². The summed E-state index contributed by atoms with van der Waals surface area (Å²) in [5.74, 6) is 0.845. The van der Waals surface area contributed by atoms with Crippen molar-refractivity contribution in [2.75, 3.05) is 24.3 Å². The molecule has 8 heteroatoms. The van der Waals surface area contributed by atoms with Gasteiger partial charge < -0.3 is 9.64 Å². The number of nitrogens with zero attached hydrogens (tertiary/aromatic N) is 5. The van der Waals surface area contributed by atoms with Crippen molar-refractivity contribution in [3.63, 3.8) is 0 Å². The highest BCUT2D eigenvalue weighted by molar-refractivity contribution is 7.99. The summed E-state index contributed by atoms with van der Waals surface area (Å²) in [5.41, 5.74) is 5.71. The standard InChI is InChI=1S/C25H25N5O2S/c1-16-10-17(2)12-19(11-16)29(9-5-8-26)24(31)15-33-25-28-27-23-13-18(3)21-7-6-20(32-4)14-22(21)30(23)25/h6-7,10-14H,5,9,15H2,1-4H3. The number of benzene rings is 2. The highest BCUT2D eigenvalue weighted by Gasteiger charge is 2.19. The first-order valence-corrected chi connectivity index (χ1v) is 11.6. The zero-order chi connectivity index (χ0) is 23.5. The van der Waals surface area contributed by atoms with Crippen LogP contribution in [0.5, 0.6) is 5.75 Å². The Morgan fingerprint density at radius 2 is 1.88 bits per heavy atom. The molecule has 0 fully saturated rings. The van der Waals surface area contributed by atoms with Crippen molar-refractivity contribution in [1.29, 1.82) is 5.26 Å². The molecule has 0 aliphatic rings. The molecule has 0 saturated carbocycles. The van der Waals surface area contributed by atoms with Gasteiger partial charge in [0.2, 0.25) is 5.91 Å². The van der Waals surface area contributed by atoms with Crippen molar-refractivity contribution < 1.29 is 9.53 Å². The molecule has 0 spiro atoms. The minimum atomic E-state index is -0.0778. The minimum absolute atomic E-state index is 0.0778. The van der Waals surface area contributed by atoms with E-state index in [2.05, 4.69) is 22.3 Å². The van der Waals surface area contributed by atoms with Gasteiger partial charge in [-0.2, -0.15) is 5.26 Å². The molecule has 1 amide bonds. The molecule has 4 aromatic rings. The molecule has 0 aliphatic heterocycles. The number of thioether (sulfide) groups is 1. The Bertz CT molecular complexity index is 1370. The molecule has 168 valence electrons. The van der Waals surface area contributed by atoms with E-state index in [-0.39, 0.29) is 18.1 Å². The first kappa shape index (κ1) is 22.6. The van der Waals surface area contributed by atoms with Crippen LogP contribution in [0.1, 0.15) is 23.1 Å². The van der Waals surface area contributed by atoms with Gasteiger partial charge in [-0.25, -0.2) is 0 Å². The van der Waals surface area contributed by atoms with Crippen LogP contribution in [0.2, 0.25) is 0 Å². The number of aromatic nitrogens is 3. The Labute approximate surface area is 197 Å². The van der Waals surface area contributed by atoms with Crippen LogP contribution in [0.25, 0.3) is 16.6 Å². The van der Waals surface area contributed by atoms with Crippen LogP contribution in [0.15, 0.2) is 47.6 Å². The zero-order valence-corrected chi connectivity index (χ0v) is 19.9. The van der Waals surface area contributed by atoms with E-state index >= 15 is 0 Å². The van der Waals surface area contributed by atoms with Crippen LogP contribution in [0.4, 0.5) is 5.69 Å². The fourth-order valence-electron chi connectivity index (χ4n) is 3.99. The predicted molar refractivity (Wildman–Crippen MR) is 131 cm³/mol. The molecule has 0 bridgehead atoms. The number of pyridine rings is 1. The number of hydrogen-bond donors (Lipinski definition) is 0. The Morgan fingerprint density at radius 1 is 1.12 bits per heavy atom. The van der Waals surface area contributed by atoms with Crippen LogP contribution in [0.3, 0.4) is 0 Å². The van der Waals surface area contributed by atoms with Crippen molar-refractivity contribution in [3.05, 3.63) is 59.2 Å². The number of ether oxygens (including phenoxy) is 1. The van der Waals surface area contributed by atoms with E-state index < -0.39 is 0 Å². The lowest BCUT2D eigenvalue weighted by molar-refractivity contribution is -0.116. The summed E-state index contributed by atoms with van der Waals surface area (Å²) in [7, 11) is 1.64. The second kappa shape index (κ2) is 9.51. The molecule has 0 N–H and O–H groups in total. The van der Waals surface area contributed by atoms with Gasteiger partial charge >= 0.3 is 0 Å². The highest BCUT2D eigenvalue weighted by Crippen LogP contribution is 2.29. The molecule has 0 atom stereocenters. The van der Waals surface area contributed by atoms with E-state index in [1.165, 1.54) is 11.8 Å². The molecule has 0 saturated heterocycles. The lowest BCUT2D eigenvalue weighted by atomic mass is 10.1. The molecule has 33 heavy (non-hydrogen) atoms. The molecule has 4 rings (SSSR count). The molecular formula is C25H25N5O2S. The number of nitriles is 1. The number of amides is 1. The minimum Gasteiger partial charge on any atom is -0.497 e. The first-order valence-electron chi connectivity index (χ1n) is 10.6. The van der Waals surface area contributed by atoms with Crippen molar-refractivity contribution in [2.45, 2.75) is 32.3 Å². The number of fused-ring (bicyclic) bond motifs is 3. The van der Waals surface area contributed by atoms with Gasteiger partial charge in [-0.05, 0) is 67.8 Å². The van der Waals surface area contributed by atoms with Crippen LogP contribution < -0.4 is 9.64 Å².